The van der Waals surface area contributed by atoms with Gasteiger partial charge in [-0.25, -0.2) is 23.2 Å². The molecule has 0 atom stereocenters. The molecule has 9 heteroatoms. The number of aromatic nitrogens is 5. The highest BCUT2D eigenvalue weighted by Gasteiger charge is 2.12. The van der Waals surface area contributed by atoms with Crippen molar-refractivity contribution in [1.29, 1.82) is 0 Å². The van der Waals surface area contributed by atoms with Crippen LogP contribution in [-0.2, 0) is 10.0 Å². The lowest BCUT2D eigenvalue weighted by atomic mass is 10.6. The number of primary sulfonamides is 1. The third-order valence-corrected chi connectivity index (χ3v) is 2.24. The fourth-order valence-corrected chi connectivity index (χ4v) is 1.36. The summed E-state index contributed by atoms with van der Waals surface area (Å²) >= 11 is 0. The molecule has 8 nitrogen and oxygen atoms in total. The van der Waals surface area contributed by atoms with Crippen LogP contribution in [0.3, 0.4) is 0 Å². The van der Waals surface area contributed by atoms with Crippen LogP contribution in [0.5, 0.6) is 0 Å². The molecule has 0 aliphatic carbocycles. The minimum absolute atomic E-state index is 0.284. The van der Waals surface area contributed by atoms with Crippen molar-refractivity contribution in [2.24, 2.45) is 5.14 Å². The zero-order valence-corrected chi connectivity index (χ0v) is 8.16. The van der Waals surface area contributed by atoms with E-state index in [1.807, 2.05) is 0 Å². The molecule has 0 bridgehead atoms. The van der Waals surface area contributed by atoms with Crippen molar-refractivity contribution in [2.75, 3.05) is 0 Å². The summed E-state index contributed by atoms with van der Waals surface area (Å²) in [6.07, 6.45) is 4.25. The molecule has 0 spiro atoms. The first kappa shape index (κ1) is 9.68. The first-order valence-corrected chi connectivity index (χ1v) is 5.34. The fourth-order valence-electron chi connectivity index (χ4n) is 0.927. The molecule has 2 aromatic rings. The van der Waals surface area contributed by atoms with Gasteiger partial charge in [0.1, 0.15) is 0 Å². The molecule has 2 N–H and O–H groups in total. The molecule has 2 rings (SSSR count). The van der Waals surface area contributed by atoms with Gasteiger partial charge in [-0.15, -0.1) is 5.10 Å². The molecule has 0 saturated heterocycles. The highest BCUT2D eigenvalue weighted by atomic mass is 32.2. The van der Waals surface area contributed by atoms with E-state index in [0.717, 1.165) is 0 Å². The van der Waals surface area contributed by atoms with Gasteiger partial charge in [-0.3, -0.25) is 0 Å². The molecule has 0 saturated carbocycles. The van der Waals surface area contributed by atoms with E-state index in [4.69, 9.17) is 5.14 Å². The van der Waals surface area contributed by atoms with Gasteiger partial charge in [0.05, 0.1) is 12.4 Å². The van der Waals surface area contributed by atoms with Gasteiger partial charge in [0, 0.05) is 12.3 Å². The molecule has 0 aliphatic heterocycles. The van der Waals surface area contributed by atoms with Crippen molar-refractivity contribution in [2.45, 2.75) is 5.16 Å². The zero-order valence-electron chi connectivity index (χ0n) is 7.35. The summed E-state index contributed by atoms with van der Waals surface area (Å²) in [7, 11) is -3.90. The molecule has 0 radical (unpaired) electrons. The van der Waals surface area contributed by atoms with Gasteiger partial charge in [-0.1, -0.05) is 5.21 Å². The van der Waals surface area contributed by atoms with Gasteiger partial charge in [-0.05, 0) is 0 Å². The van der Waals surface area contributed by atoms with Gasteiger partial charge in [0.25, 0.3) is 15.2 Å². The van der Waals surface area contributed by atoms with Gasteiger partial charge in [0.15, 0.2) is 5.82 Å². The lowest BCUT2D eigenvalue weighted by Crippen LogP contribution is -2.17. The summed E-state index contributed by atoms with van der Waals surface area (Å²) in [6, 6.07) is 1.49. The monoisotopic (exact) mass is 226 g/mol. The Hall–Kier alpha value is -1.87. The summed E-state index contributed by atoms with van der Waals surface area (Å²) in [5.41, 5.74) is 0. The van der Waals surface area contributed by atoms with Crippen molar-refractivity contribution in [3.63, 3.8) is 0 Å². The molecule has 0 unspecified atom stereocenters. The Kier molecular flexibility index (Phi) is 2.17. The molecular formula is C6H6N6O2S. The second kappa shape index (κ2) is 3.37. The first-order chi connectivity index (χ1) is 7.07. The molecule has 78 valence electrons. The Morgan fingerprint density at radius 1 is 1.33 bits per heavy atom. The quantitative estimate of drug-likeness (QED) is 0.636. The topological polar surface area (TPSA) is 117 Å². The van der Waals surface area contributed by atoms with Crippen LogP contribution in [-0.4, -0.2) is 33.4 Å². The first-order valence-electron chi connectivity index (χ1n) is 3.80. The third-order valence-electron chi connectivity index (χ3n) is 1.53. The number of nitrogens with two attached hydrogens (primary N) is 1. The molecule has 0 amide bonds. The van der Waals surface area contributed by atoms with E-state index >= 15 is 0 Å². The van der Waals surface area contributed by atoms with Crippen LogP contribution >= 0.6 is 0 Å². The Balaban J connectivity index is 2.53. The predicted octanol–water partition coefficient (Wildman–Crippen LogP) is -1.30. The van der Waals surface area contributed by atoms with Gasteiger partial charge in [-0.2, -0.15) is 4.98 Å². The summed E-state index contributed by atoms with van der Waals surface area (Å²) in [4.78, 5) is 7.26. The normalized spacial score (nSPS) is 11.5. The van der Waals surface area contributed by atoms with Crippen molar-refractivity contribution in [1.82, 2.24) is 25.0 Å². The lowest BCUT2D eigenvalue weighted by molar-refractivity contribution is 0.587. The molecule has 15 heavy (non-hydrogen) atoms. The highest BCUT2D eigenvalue weighted by molar-refractivity contribution is 7.89. The van der Waals surface area contributed by atoms with Crippen LogP contribution in [0.4, 0.5) is 0 Å². The van der Waals surface area contributed by atoms with Crippen molar-refractivity contribution >= 4 is 10.0 Å². The average Bonchev–Trinajstić information content (AvgIpc) is 2.69. The van der Waals surface area contributed by atoms with E-state index in [2.05, 4.69) is 20.3 Å². The second-order valence-electron chi connectivity index (χ2n) is 2.59. The molecule has 2 aromatic heterocycles. The highest BCUT2D eigenvalue weighted by Crippen LogP contribution is 2.03. The van der Waals surface area contributed by atoms with Crippen LogP contribution in [0.2, 0.25) is 0 Å². The number of hydrogen-bond donors (Lipinski definition) is 1. The van der Waals surface area contributed by atoms with E-state index in [0.29, 0.717) is 0 Å². The van der Waals surface area contributed by atoms with Crippen LogP contribution in [0.15, 0.2) is 29.8 Å². The maximum Gasteiger partial charge on any atom is 0.273 e. The van der Waals surface area contributed by atoms with Crippen molar-refractivity contribution < 1.29 is 8.42 Å². The standard InChI is InChI=1S/C6H6N6O2S/c7-15(13,14)6-8-2-1-5(10-6)12-4-3-9-11-12/h1-4H,(H2,7,13,14). The van der Waals surface area contributed by atoms with E-state index in [1.54, 1.807) is 0 Å². The van der Waals surface area contributed by atoms with Crippen LogP contribution in [0, 0.1) is 0 Å². The summed E-state index contributed by atoms with van der Waals surface area (Å²) in [5.74, 6) is 0.284. The number of hydrogen-bond acceptors (Lipinski definition) is 6. The van der Waals surface area contributed by atoms with E-state index < -0.39 is 15.2 Å². The van der Waals surface area contributed by atoms with Crippen LogP contribution < -0.4 is 5.14 Å². The molecule has 0 fully saturated rings. The second-order valence-corrected chi connectivity index (χ2v) is 4.05. The van der Waals surface area contributed by atoms with Crippen molar-refractivity contribution in [3.05, 3.63) is 24.7 Å². The number of sulfonamides is 1. The van der Waals surface area contributed by atoms with Gasteiger partial charge < -0.3 is 0 Å². The minimum Gasteiger partial charge on any atom is -0.225 e. The Labute approximate surface area is 84.8 Å². The molecular weight excluding hydrogens is 220 g/mol. The Morgan fingerprint density at radius 3 is 2.73 bits per heavy atom. The SMILES string of the molecule is NS(=O)(=O)c1nccc(-n2ccnn2)n1. The predicted molar refractivity (Wildman–Crippen MR) is 48.3 cm³/mol. The van der Waals surface area contributed by atoms with Crippen LogP contribution in [0.25, 0.3) is 5.82 Å². The maximum atomic E-state index is 11.0. The summed E-state index contributed by atoms with van der Waals surface area (Å²) in [6.45, 7) is 0. The molecule has 0 aliphatic rings. The van der Waals surface area contributed by atoms with Crippen molar-refractivity contribution in [3.8, 4) is 5.82 Å². The van der Waals surface area contributed by atoms with E-state index in [-0.39, 0.29) is 5.82 Å². The average molecular weight is 226 g/mol. The minimum atomic E-state index is -3.90. The lowest BCUT2D eigenvalue weighted by Gasteiger charge is -2.00. The van der Waals surface area contributed by atoms with E-state index in [9.17, 15) is 8.42 Å². The molecule has 0 aromatic carbocycles. The van der Waals surface area contributed by atoms with Gasteiger partial charge >= 0.3 is 0 Å². The fraction of sp³-hybridized carbons (Fsp3) is 0. The molecule has 2 heterocycles. The maximum absolute atomic E-state index is 11.0. The number of rotatable bonds is 2. The smallest absolute Gasteiger partial charge is 0.225 e. The summed E-state index contributed by atoms with van der Waals surface area (Å²) < 4.78 is 23.2. The summed E-state index contributed by atoms with van der Waals surface area (Å²) in [5, 5.41) is 11.6. The third kappa shape index (κ3) is 1.97. The van der Waals surface area contributed by atoms with Crippen LogP contribution in [0.1, 0.15) is 0 Å². The zero-order chi connectivity index (χ0) is 10.9. The van der Waals surface area contributed by atoms with E-state index in [1.165, 1.54) is 29.3 Å². The van der Waals surface area contributed by atoms with Gasteiger partial charge in [0.2, 0.25) is 0 Å². The largest absolute Gasteiger partial charge is 0.273 e. The Morgan fingerprint density at radius 2 is 2.13 bits per heavy atom. The number of nitrogens with zero attached hydrogens (tertiary/aromatic N) is 5. The Bertz CT molecular complexity index is 563.